The zero-order valence-electron chi connectivity index (χ0n) is 32.1. The van der Waals surface area contributed by atoms with E-state index in [1.165, 1.54) is 186 Å². The van der Waals surface area contributed by atoms with Gasteiger partial charge < -0.3 is 15.5 Å². The molecule has 0 radical (unpaired) electrons. The Hall–Kier alpha value is -0.870. The van der Waals surface area contributed by atoms with Crippen LogP contribution < -0.4 is 5.32 Å². The van der Waals surface area contributed by atoms with Gasteiger partial charge in [0.25, 0.3) is 0 Å². The number of carbonyl (C=O) groups is 1. The fourth-order valence-corrected chi connectivity index (χ4v) is 6.71. The first-order valence-electron chi connectivity index (χ1n) is 21.4. The van der Waals surface area contributed by atoms with Crippen molar-refractivity contribution < 1.29 is 15.0 Å². The highest BCUT2D eigenvalue weighted by atomic mass is 16.3. The maximum atomic E-state index is 12.3. The van der Waals surface area contributed by atoms with Crippen molar-refractivity contribution in [3.63, 3.8) is 0 Å². The average molecular weight is 664 g/mol. The van der Waals surface area contributed by atoms with Gasteiger partial charge in [0.1, 0.15) is 0 Å². The Balaban J connectivity index is 3.43. The van der Waals surface area contributed by atoms with E-state index < -0.39 is 12.1 Å². The van der Waals surface area contributed by atoms with Crippen molar-refractivity contribution in [2.75, 3.05) is 6.61 Å². The molecule has 4 nitrogen and oxygen atoms in total. The summed E-state index contributed by atoms with van der Waals surface area (Å²) in [6, 6.07) is -0.531. The highest BCUT2D eigenvalue weighted by molar-refractivity contribution is 5.76. The first-order chi connectivity index (χ1) is 23.2. The Kier molecular flexibility index (Phi) is 38.8. The molecule has 0 bridgehead atoms. The molecule has 0 rings (SSSR count). The second kappa shape index (κ2) is 39.6. The summed E-state index contributed by atoms with van der Waals surface area (Å²) in [5.41, 5.74) is 0. The Bertz CT molecular complexity index is 637. The van der Waals surface area contributed by atoms with Crippen molar-refractivity contribution >= 4 is 5.91 Å². The Morgan fingerprint density at radius 1 is 0.489 bits per heavy atom. The third-order valence-electron chi connectivity index (χ3n) is 10.0. The fourth-order valence-electron chi connectivity index (χ4n) is 6.71. The summed E-state index contributed by atoms with van der Waals surface area (Å²) in [5.74, 6) is -0.0330. The van der Waals surface area contributed by atoms with Crippen molar-refractivity contribution in [3.8, 4) is 0 Å². The molecule has 0 spiro atoms. The van der Waals surface area contributed by atoms with Gasteiger partial charge in [-0.3, -0.25) is 4.79 Å². The summed E-state index contributed by atoms with van der Waals surface area (Å²) < 4.78 is 0. The molecule has 0 aliphatic heterocycles. The second-order valence-electron chi connectivity index (χ2n) is 14.8. The van der Waals surface area contributed by atoms with Gasteiger partial charge in [0.2, 0.25) is 5.91 Å². The highest BCUT2D eigenvalue weighted by Gasteiger charge is 2.19. The third kappa shape index (κ3) is 36.2. The molecule has 1 amide bonds. The van der Waals surface area contributed by atoms with Crippen LogP contribution in [0.4, 0.5) is 0 Å². The van der Waals surface area contributed by atoms with E-state index in [4.69, 9.17) is 0 Å². The lowest BCUT2D eigenvalue weighted by Crippen LogP contribution is -2.45. The van der Waals surface area contributed by atoms with Gasteiger partial charge in [-0.2, -0.15) is 0 Å². The van der Waals surface area contributed by atoms with Gasteiger partial charge in [-0.25, -0.2) is 0 Å². The van der Waals surface area contributed by atoms with Crippen LogP contribution in [0.3, 0.4) is 0 Å². The largest absolute Gasteiger partial charge is 0.394 e. The predicted molar refractivity (Wildman–Crippen MR) is 207 cm³/mol. The minimum atomic E-state index is -0.654. The summed E-state index contributed by atoms with van der Waals surface area (Å²) in [6.07, 6.45) is 48.7. The van der Waals surface area contributed by atoms with Gasteiger partial charge in [-0.05, 0) is 38.5 Å². The number of hydrogen-bond acceptors (Lipinski definition) is 3. The standard InChI is InChI=1S/C43H85NO3/c1-3-5-7-9-11-13-14-15-16-17-18-19-20-21-22-23-24-25-26-27-28-29-31-33-35-37-39-43(47)44-41(40-45)42(46)38-36-34-32-30-12-10-8-6-4-2/h21-22,41-42,45-46H,3-20,23-40H2,1-2H3,(H,44,47)/b22-21-. The quantitative estimate of drug-likeness (QED) is 0.0453. The molecule has 47 heavy (non-hydrogen) atoms. The molecular weight excluding hydrogens is 578 g/mol. The summed E-state index contributed by atoms with van der Waals surface area (Å²) in [6.45, 7) is 4.35. The lowest BCUT2D eigenvalue weighted by molar-refractivity contribution is -0.123. The topological polar surface area (TPSA) is 69.6 Å². The molecule has 0 fully saturated rings. The van der Waals surface area contributed by atoms with Gasteiger partial charge in [-0.15, -0.1) is 0 Å². The van der Waals surface area contributed by atoms with Crippen molar-refractivity contribution in [3.05, 3.63) is 12.2 Å². The average Bonchev–Trinajstić information content (AvgIpc) is 3.07. The lowest BCUT2D eigenvalue weighted by atomic mass is 10.0. The van der Waals surface area contributed by atoms with E-state index in [-0.39, 0.29) is 12.5 Å². The molecule has 0 aromatic carbocycles. The molecule has 0 aliphatic rings. The number of allylic oxidation sites excluding steroid dienone is 2. The smallest absolute Gasteiger partial charge is 0.220 e. The normalized spacial score (nSPS) is 13.0. The van der Waals surface area contributed by atoms with Crippen LogP contribution in [0, 0.1) is 0 Å². The van der Waals surface area contributed by atoms with Crippen LogP contribution in [0.25, 0.3) is 0 Å². The minimum Gasteiger partial charge on any atom is -0.394 e. The zero-order valence-corrected chi connectivity index (χ0v) is 32.1. The number of amides is 1. The number of hydrogen-bond donors (Lipinski definition) is 3. The maximum absolute atomic E-state index is 12.3. The number of carbonyl (C=O) groups excluding carboxylic acids is 1. The molecule has 0 aromatic heterocycles. The first kappa shape index (κ1) is 46.1. The lowest BCUT2D eigenvalue weighted by Gasteiger charge is -2.22. The van der Waals surface area contributed by atoms with Crippen molar-refractivity contribution in [2.45, 2.75) is 251 Å². The van der Waals surface area contributed by atoms with Crippen molar-refractivity contribution in [2.24, 2.45) is 0 Å². The molecule has 2 unspecified atom stereocenters. The molecular formula is C43H85NO3. The molecule has 0 aliphatic carbocycles. The van der Waals surface area contributed by atoms with Crippen LogP contribution in [0.1, 0.15) is 239 Å². The van der Waals surface area contributed by atoms with Gasteiger partial charge >= 0.3 is 0 Å². The van der Waals surface area contributed by atoms with E-state index in [1.54, 1.807) is 0 Å². The number of aliphatic hydroxyl groups is 2. The van der Waals surface area contributed by atoms with E-state index in [1.807, 2.05) is 0 Å². The van der Waals surface area contributed by atoms with E-state index >= 15 is 0 Å². The van der Waals surface area contributed by atoms with Crippen LogP contribution >= 0.6 is 0 Å². The molecule has 4 heteroatoms. The van der Waals surface area contributed by atoms with Crippen LogP contribution in [-0.4, -0.2) is 34.9 Å². The molecule has 0 aromatic rings. The molecule has 2 atom stereocenters. The minimum absolute atomic E-state index is 0.0330. The van der Waals surface area contributed by atoms with Gasteiger partial charge in [0.05, 0.1) is 18.8 Å². The predicted octanol–water partition coefficient (Wildman–Crippen LogP) is 13.1. The molecule has 280 valence electrons. The summed E-state index contributed by atoms with van der Waals surface area (Å²) in [5, 5.41) is 23.0. The molecule has 0 saturated carbocycles. The number of aliphatic hydroxyl groups excluding tert-OH is 2. The van der Waals surface area contributed by atoms with Gasteiger partial charge in [-0.1, -0.05) is 206 Å². The van der Waals surface area contributed by atoms with Crippen LogP contribution in [0.2, 0.25) is 0 Å². The van der Waals surface area contributed by atoms with Gasteiger partial charge in [0.15, 0.2) is 0 Å². The second-order valence-corrected chi connectivity index (χ2v) is 14.8. The maximum Gasteiger partial charge on any atom is 0.220 e. The van der Waals surface area contributed by atoms with Crippen molar-refractivity contribution in [1.29, 1.82) is 0 Å². The number of rotatable bonds is 39. The summed E-state index contributed by atoms with van der Waals surface area (Å²) in [7, 11) is 0. The van der Waals surface area contributed by atoms with E-state index in [0.717, 1.165) is 25.7 Å². The monoisotopic (exact) mass is 664 g/mol. The van der Waals surface area contributed by atoms with Gasteiger partial charge in [0, 0.05) is 6.42 Å². The summed E-state index contributed by atoms with van der Waals surface area (Å²) in [4.78, 5) is 12.3. The van der Waals surface area contributed by atoms with E-state index in [9.17, 15) is 15.0 Å². The molecule has 0 saturated heterocycles. The third-order valence-corrected chi connectivity index (χ3v) is 10.0. The SMILES string of the molecule is CCCCCCCCCCCCCC/C=C\CCCCCCCCCCCCC(=O)NC(CO)C(O)CCCCCCCCCCC. The van der Waals surface area contributed by atoms with Crippen LogP contribution in [0.5, 0.6) is 0 Å². The first-order valence-corrected chi connectivity index (χ1v) is 21.4. The molecule has 0 heterocycles. The highest BCUT2D eigenvalue weighted by Crippen LogP contribution is 2.15. The Labute approximate surface area is 295 Å². The fraction of sp³-hybridized carbons (Fsp3) is 0.930. The Morgan fingerprint density at radius 2 is 0.809 bits per heavy atom. The van der Waals surface area contributed by atoms with E-state index in [2.05, 4.69) is 31.3 Å². The van der Waals surface area contributed by atoms with Crippen LogP contribution in [-0.2, 0) is 4.79 Å². The molecule has 3 N–H and O–H groups in total. The summed E-state index contributed by atoms with van der Waals surface area (Å²) >= 11 is 0. The zero-order chi connectivity index (χ0) is 34.3. The Morgan fingerprint density at radius 3 is 1.17 bits per heavy atom. The van der Waals surface area contributed by atoms with Crippen LogP contribution in [0.15, 0.2) is 12.2 Å². The van der Waals surface area contributed by atoms with Crippen molar-refractivity contribution in [1.82, 2.24) is 5.32 Å². The van der Waals surface area contributed by atoms with E-state index in [0.29, 0.717) is 12.8 Å². The number of unbranched alkanes of at least 4 members (excludes halogenated alkanes) is 30. The number of nitrogens with one attached hydrogen (secondary N) is 1.